The van der Waals surface area contributed by atoms with Gasteiger partial charge >= 0.3 is 17.9 Å². The van der Waals surface area contributed by atoms with Crippen molar-refractivity contribution in [1.82, 2.24) is 0 Å². The second kappa shape index (κ2) is 63.2. The predicted octanol–water partition coefficient (Wildman–Crippen LogP) is 22.4. The van der Waals surface area contributed by atoms with E-state index in [-0.39, 0.29) is 31.1 Å². The summed E-state index contributed by atoms with van der Waals surface area (Å²) in [5.41, 5.74) is 0. The Labute approximate surface area is 461 Å². The van der Waals surface area contributed by atoms with Crippen molar-refractivity contribution in [2.45, 2.75) is 367 Å². The molecule has 0 radical (unpaired) electrons. The van der Waals surface area contributed by atoms with Gasteiger partial charge in [-0.25, -0.2) is 0 Å². The highest BCUT2D eigenvalue weighted by atomic mass is 16.6. The molecule has 1 unspecified atom stereocenters. The molecule has 0 saturated heterocycles. The van der Waals surface area contributed by atoms with E-state index >= 15 is 0 Å². The summed E-state index contributed by atoms with van der Waals surface area (Å²) in [6.07, 6.45) is 77.9. The number of rotatable bonds is 61. The van der Waals surface area contributed by atoms with Crippen molar-refractivity contribution < 1.29 is 28.6 Å². The molecule has 74 heavy (non-hydrogen) atoms. The highest BCUT2D eigenvalue weighted by Gasteiger charge is 2.19. The molecule has 6 heteroatoms. The van der Waals surface area contributed by atoms with Crippen LogP contribution in [0.5, 0.6) is 0 Å². The highest BCUT2D eigenvalue weighted by Crippen LogP contribution is 2.18. The number of unbranched alkanes of at least 4 members (excludes halogenated alkanes) is 44. The van der Waals surface area contributed by atoms with Gasteiger partial charge in [0, 0.05) is 19.3 Å². The largest absolute Gasteiger partial charge is 0.462 e. The average Bonchev–Trinajstić information content (AvgIpc) is 3.40. The van der Waals surface area contributed by atoms with Crippen LogP contribution >= 0.6 is 0 Å². The van der Waals surface area contributed by atoms with Crippen LogP contribution in [0.15, 0.2) is 36.5 Å². The van der Waals surface area contributed by atoms with Crippen molar-refractivity contribution in [2.24, 2.45) is 0 Å². The normalized spacial score (nSPS) is 12.2. The molecule has 1 atom stereocenters. The quantitative estimate of drug-likeness (QED) is 0.0261. The fourth-order valence-corrected chi connectivity index (χ4v) is 9.92. The minimum Gasteiger partial charge on any atom is -0.462 e. The topological polar surface area (TPSA) is 78.9 Å². The maximum atomic E-state index is 12.8. The van der Waals surface area contributed by atoms with Gasteiger partial charge in [-0.2, -0.15) is 0 Å². The van der Waals surface area contributed by atoms with Gasteiger partial charge in [0.25, 0.3) is 0 Å². The third kappa shape index (κ3) is 60.5. The zero-order valence-corrected chi connectivity index (χ0v) is 49.9. The van der Waals surface area contributed by atoms with Gasteiger partial charge in [-0.05, 0) is 57.8 Å². The van der Waals surface area contributed by atoms with E-state index in [2.05, 4.69) is 57.2 Å². The molecule has 0 aliphatic carbocycles. The van der Waals surface area contributed by atoms with Crippen molar-refractivity contribution in [1.29, 1.82) is 0 Å². The minimum atomic E-state index is -0.764. The van der Waals surface area contributed by atoms with E-state index in [9.17, 15) is 14.4 Å². The highest BCUT2D eigenvalue weighted by molar-refractivity contribution is 5.71. The fourth-order valence-electron chi connectivity index (χ4n) is 9.92. The summed E-state index contributed by atoms with van der Waals surface area (Å²) in [6, 6.07) is 0. The maximum Gasteiger partial charge on any atom is 0.306 e. The van der Waals surface area contributed by atoms with E-state index < -0.39 is 6.10 Å². The van der Waals surface area contributed by atoms with E-state index in [1.165, 1.54) is 244 Å². The predicted molar refractivity (Wildman–Crippen MR) is 321 cm³/mol. The number of ether oxygens (including phenoxy) is 3. The van der Waals surface area contributed by atoms with E-state index in [1.54, 1.807) is 0 Å². The average molecular weight is 1040 g/mol. The summed E-state index contributed by atoms with van der Waals surface area (Å²) in [4.78, 5) is 37.9. The second-order valence-corrected chi connectivity index (χ2v) is 22.4. The molecule has 0 fully saturated rings. The van der Waals surface area contributed by atoms with Crippen LogP contribution in [0.4, 0.5) is 0 Å². The molecule has 434 valence electrons. The van der Waals surface area contributed by atoms with Crippen molar-refractivity contribution in [3.05, 3.63) is 36.5 Å². The van der Waals surface area contributed by atoms with E-state index in [4.69, 9.17) is 14.2 Å². The molecular weight excluding hydrogens is 913 g/mol. The van der Waals surface area contributed by atoms with Crippen LogP contribution in [-0.2, 0) is 28.6 Å². The summed E-state index contributed by atoms with van der Waals surface area (Å²) in [6.45, 7) is 6.60. The number of hydrogen-bond acceptors (Lipinski definition) is 6. The minimum absolute atomic E-state index is 0.0664. The first-order valence-electron chi connectivity index (χ1n) is 33.0. The molecule has 0 saturated carbocycles. The molecule has 0 N–H and O–H groups in total. The lowest BCUT2D eigenvalue weighted by molar-refractivity contribution is -0.167. The summed E-state index contributed by atoms with van der Waals surface area (Å²) in [5, 5.41) is 0. The van der Waals surface area contributed by atoms with Crippen LogP contribution in [0.3, 0.4) is 0 Å². The molecular formula is C68H126O6. The van der Waals surface area contributed by atoms with Crippen molar-refractivity contribution in [3.8, 4) is 0 Å². The Hall–Kier alpha value is -2.37. The number of carbonyl (C=O) groups excluding carboxylic acids is 3. The molecule has 0 aliphatic heterocycles. The molecule has 0 aromatic carbocycles. The van der Waals surface area contributed by atoms with Gasteiger partial charge in [0.2, 0.25) is 0 Å². The third-order valence-electron chi connectivity index (χ3n) is 14.9. The summed E-state index contributed by atoms with van der Waals surface area (Å²) in [5.74, 6) is -0.857. The molecule has 0 rings (SSSR count). The van der Waals surface area contributed by atoms with Crippen LogP contribution < -0.4 is 0 Å². The zero-order valence-electron chi connectivity index (χ0n) is 49.9. The van der Waals surface area contributed by atoms with Gasteiger partial charge in [-0.15, -0.1) is 0 Å². The van der Waals surface area contributed by atoms with Crippen LogP contribution in [0.1, 0.15) is 361 Å². The summed E-state index contributed by atoms with van der Waals surface area (Å²) >= 11 is 0. The van der Waals surface area contributed by atoms with Crippen LogP contribution in [0.25, 0.3) is 0 Å². The van der Waals surface area contributed by atoms with Crippen molar-refractivity contribution >= 4 is 17.9 Å². The lowest BCUT2D eigenvalue weighted by Crippen LogP contribution is -2.30. The Morgan fingerprint density at radius 3 is 0.757 bits per heavy atom. The van der Waals surface area contributed by atoms with Gasteiger partial charge in [-0.1, -0.05) is 320 Å². The summed E-state index contributed by atoms with van der Waals surface area (Å²) in [7, 11) is 0. The van der Waals surface area contributed by atoms with Gasteiger partial charge < -0.3 is 14.2 Å². The SMILES string of the molecule is CCCCCCC/C=C\C/C=C\C/C=C\CCCCCCCCCCCCCCCCCCCCC(=O)OCC(COC(=O)CCCCCCC)OC(=O)CCCCCCCCCCCCCCCCCCCC. The van der Waals surface area contributed by atoms with Gasteiger partial charge in [-0.3, -0.25) is 14.4 Å². The molecule has 0 spiro atoms. The number of hydrogen-bond donors (Lipinski definition) is 0. The Kier molecular flexibility index (Phi) is 61.1. The van der Waals surface area contributed by atoms with Gasteiger partial charge in [0.15, 0.2) is 6.10 Å². The standard InChI is InChI=1S/C68H126O6/c1-4-7-10-13-15-17-19-21-23-25-27-28-29-30-31-32-33-34-35-36-37-38-39-40-41-43-44-46-48-50-52-55-58-61-67(70)73-64-65(63-72-66(69)60-57-54-12-9-6-3)74-68(71)62-59-56-53-51-49-47-45-42-26-24-22-20-18-16-14-11-8-5-2/h19,21,25,27,29-30,65H,4-18,20,22-24,26,28,31-64H2,1-3H3/b21-19-,27-25-,30-29-. The zero-order chi connectivity index (χ0) is 53.6. The second-order valence-electron chi connectivity index (χ2n) is 22.4. The Bertz CT molecular complexity index is 1240. The lowest BCUT2D eigenvalue weighted by Gasteiger charge is -2.18. The number of carbonyl (C=O) groups is 3. The first-order chi connectivity index (χ1) is 36.5. The van der Waals surface area contributed by atoms with Gasteiger partial charge in [0.05, 0.1) is 0 Å². The fraction of sp³-hybridized carbons (Fsp3) is 0.868. The van der Waals surface area contributed by atoms with Crippen LogP contribution in [-0.4, -0.2) is 37.2 Å². The Morgan fingerprint density at radius 2 is 0.486 bits per heavy atom. The molecule has 0 aromatic heterocycles. The monoisotopic (exact) mass is 1040 g/mol. The Morgan fingerprint density at radius 1 is 0.270 bits per heavy atom. The third-order valence-corrected chi connectivity index (χ3v) is 14.9. The molecule has 0 bridgehead atoms. The number of allylic oxidation sites excluding steroid dienone is 6. The molecule has 6 nitrogen and oxygen atoms in total. The summed E-state index contributed by atoms with van der Waals surface area (Å²) < 4.78 is 16.8. The molecule has 0 heterocycles. The maximum absolute atomic E-state index is 12.8. The van der Waals surface area contributed by atoms with E-state index in [0.29, 0.717) is 19.3 Å². The Balaban J connectivity index is 3.91. The van der Waals surface area contributed by atoms with E-state index in [0.717, 1.165) is 77.0 Å². The smallest absolute Gasteiger partial charge is 0.306 e. The van der Waals surface area contributed by atoms with Crippen molar-refractivity contribution in [2.75, 3.05) is 13.2 Å². The number of esters is 3. The molecule has 0 aliphatic rings. The molecule has 0 amide bonds. The lowest BCUT2D eigenvalue weighted by atomic mass is 10.0. The van der Waals surface area contributed by atoms with Crippen LogP contribution in [0.2, 0.25) is 0 Å². The van der Waals surface area contributed by atoms with Gasteiger partial charge in [0.1, 0.15) is 13.2 Å². The van der Waals surface area contributed by atoms with Crippen LogP contribution in [0, 0.1) is 0 Å². The molecule has 0 aromatic rings. The first kappa shape index (κ1) is 71.6. The van der Waals surface area contributed by atoms with Crippen molar-refractivity contribution in [3.63, 3.8) is 0 Å². The van der Waals surface area contributed by atoms with E-state index in [1.807, 2.05) is 0 Å². The first-order valence-corrected chi connectivity index (χ1v) is 33.0.